The third-order valence-electron chi connectivity index (χ3n) is 6.38. The minimum atomic E-state index is -0.625. The summed E-state index contributed by atoms with van der Waals surface area (Å²) >= 11 is 5.94. The third-order valence-corrected chi connectivity index (χ3v) is 6.62. The Morgan fingerprint density at radius 2 is 1.47 bits per heavy atom. The molecule has 0 atom stereocenters. The lowest BCUT2D eigenvalue weighted by Crippen LogP contribution is -2.50. The fourth-order valence-corrected chi connectivity index (χ4v) is 4.70. The van der Waals surface area contributed by atoms with Crippen molar-refractivity contribution in [1.29, 1.82) is 0 Å². The summed E-state index contributed by atoms with van der Waals surface area (Å²) in [6.45, 7) is 2.02. The number of halogens is 1. The van der Waals surface area contributed by atoms with E-state index in [1.807, 2.05) is 36.4 Å². The molecule has 0 aliphatic carbocycles. The molecule has 198 valence electrons. The highest BCUT2D eigenvalue weighted by Crippen LogP contribution is 2.29. The van der Waals surface area contributed by atoms with Crippen LogP contribution in [-0.4, -0.2) is 74.1 Å². The van der Waals surface area contributed by atoms with Crippen molar-refractivity contribution >= 4 is 35.1 Å². The topological polar surface area (TPSA) is 88.2 Å². The summed E-state index contributed by atoms with van der Waals surface area (Å²) in [6.07, 6.45) is 0. The van der Waals surface area contributed by atoms with Crippen molar-refractivity contribution in [3.63, 3.8) is 0 Å². The van der Waals surface area contributed by atoms with Crippen LogP contribution in [0.2, 0.25) is 5.02 Å². The van der Waals surface area contributed by atoms with Gasteiger partial charge in [-0.05, 0) is 29.3 Å². The van der Waals surface area contributed by atoms with Crippen LogP contribution in [0, 0.1) is 0 Å². The lowest BCUT2D eigenvalue weighted by atomic mass is 9.96. The molecule has 1 heterocycles. The average Bonchev–Trinajstić information content (AvgIpc) is 2.95. The first-order chi connectivity index (χ1) is 18.5. The molecule has 8 nitrogen and oxygen atoms in total. The lowest BCUT2D eigenvalue weighted by Gasteiger charge is -2.39. The molecule has 0 unspecified atom stereocenters. The van der Waals surface area contributed by atoms with Gasteiger partial charge >= 0.3 is 5.97 Å². The summed E-state index contributed by atoms with van der Waals surface area (Å²) in [4.78, 5) is 41.2. The Morgan fingerprint density at radius 3 is 2.05 bits per heavy atom. The van der Waals surface area contributed by atoms with E-state index in [0.29, 0.717) is 31.2 Å². The van der Waals surface area contributed by atoms with Crippen molar-refractivity contribution in [2.45, 2.75) is 6.04 Å². The number of hydrogen-bond acceptors (Lipinski definition) is 6. The van der Waals surface area contributed by atoms with Gasteiger partial charge in [-0.2, -0.15) is 0 Å². The predicted octanol–water partition coefficient (Wildman–Crippen LogP) is 4.02. The number of rotatable bonds is 9. The van der Waals surface area contributed by atoms with Gasteiger partial charge in [0.2, 0.25) is 11.8 Å². The number of esters is 1. The fourth-order valence-electron chi connectivity index (χ4n) is 4.53. The maximum Gasteiger partial charge on any atom is 0.340 e. The van der Waals surface area contributed by atoms with E-state index in [-0.39, 0.29) is 36.4 Å². The summed E-state index contributed by atoms with van der Waals surface area (Å²) in [6, 6.07) is 25.3. The molecule has 0 radical (unpaired) electrons. The smallest absolute Gasteiger partial charge is 0.340 e. The molecule has 38 heavy (non-hydrogen) atoms. The van der Waals surface area contributed by atoms with Crippen LogP contribution in [0.3, 0.4) is 0 Å². The Morgan fingerprint density at radius 1 is 0.868 bits per heavy atom. The number of benzene rings is 3. The van der Waals surface area contributed by atoms with Crippen molar-refractivity contribution in [2.24, 2.45) is 0 Å². The van der Waals surface area contributed by atoms with Crippen molar-refractivity contribution in [1.82, 2.24) is 9.80 Å². The maximum atomic E-state index is 12.7. The molecular weight excluding hydrogens is 506 g/mol. The van der Waals surface area contributed by atoms with Gasteiger partial charge in [-0.1, -0.05) is 72.3 Å². The Kier molecular flexibility index (Phi) is 9.48. The van der Waals surface area contributed by atoms with Crippen molar-refractivity contribution < 1.29 is 23.9 Å². The second-order valence-corrected chi connectivity index (χ2v) is 9.30. The normalized spacial score (nSPS) is 13.8. The Bertz CT molecular complexity index is 1210. The van der Waals surface area contributed by atoms with Gasteiger partial charge in [0.15, 0.2) is 0 Å². The number of nitrogens with zero attached hydrogens (tertiary/aromatic N) is 2. The summed E-state index contributed by atoms with van der Waals surface area (Å²) in [7, 11) is 1.24. The predicted molar refractivity (Wildman–Crippen MR) is 145 cm³/mol. The molecule has 0 spiro atoms. The van der Waals surface area contributed by atoms with Gasteiger partial charge < -0.3 is 19.7 Å². The molecule has 0 saturated carbocycles. The van der Waals surface area contributed by atoms with Gasteiger partial charge in [0.25, 0.3) is 0 Å². The zero-order valence-electron chi connectivity index (χ0n) is 21.1. The van der Waals surface area contributed by atoms with Crippen molar-refractivity contribution in [3.05, 3.63) is 101 Å². The molecule has 1 aliphatic heterocycles. The molecule has 3 aromatic rings. The zero-order chi connectivity index (χ0) is 26.9. The number of anilines is 1. The highest BCUT2D eigenvalue weighted by atomic mass is 35.5. The molecule has 9 heteroatoms. The van der Waals surface area contributed by atoms with Crippen LogP contribution in [0.5, 0.6) is 0 Å². The second-order valence-electron chi connectivity index (χ2n) is 8.86. The van der Waals surface area contributed by atoms with Gasteiger partial charge in [0.1, 0.15) is 13.2 Å². The molecular formula is C29H30ClN3O5. The van der Waals surface area contributed by atoms with Gasteiger partial charge in [-0.3, -0.25) is 14.5 Å². The summed E-state index contributed by atoms with van der Waals surface area (Å²) in [5.74, 6) is -1.29. The minimum absolute atomic E-state index is 0.109. The standard InChI is InChI=1S/C29H30ClN3O5/c1-37-29(36)24-18-23(30)12-13-25(24)31-26(34)19-38-20-27(35)32-14-16-33(17-15-32)28(21-8-4-2-5-9-21)22-10-6-3-7-11-22/h2-13,18,28H,14-17,19-20H2,1H3,(H,31,34). The molecule has 1 N–H and O–H groups in total. The average molecular weight is 536 g/mol. The van der Waals surface area contributed by atoms with Crippen LogP contribution >= 0.6 is 11.6 Å². The van der Waals surface area contributed by atoms with Crippen LogP contribution in [0.4, 0.5) is 5.69 Å². The van der Waals surface area contributed by atoms with Gasteiger partial charge in [-0.15, -0.1) is 0 Å². The van der Waals surface area contributed by atoms with Crippen molar-refractivity contribution in [2.75, 3.05) is 51.8 Å². The van der Waals surface area contributed by atoms with E-state index in [4.69, 9.17) is 21.1 Å². The van der Waals surface area contributed by atoms with E-state index < -0.39 is 11.9 Å². The molecule has 2 amide bonds. The highest BCUT2D eigenvalue weighted by molar-refractivity contribution is 6.31. The minimum Gasteiger partial charge on any atom is -0.465 e. The third kappa shape index (κ3) is 6.98. The highest BCUT2D eigenvalue weighted by Gasteiger charge is 2.28. The van der Waals surface area contributed by atoms with Gasteiger partial charge in [-0.25, -0.2) is 4.79 Å². The van der Waals surface area contributed by atoms with E-state index in [9.17, 15) is 14.4 Å². The number of piperazine rings is 1. The number of nitrogens with one attached hydrogen (secondary N) is 1. The molecule has 1 fully saturated rings. The van der Waals surface area contributed by atoms with Crippen LogP contribution < -0.4 is 5.32 Å². The Labute approximate surface area is 227 Å². The first-order valence-corrected chi connectivity index (χ1v) is 12.7. The maximum absolute atomic E-state index is 12.7. The number of methoxy groups -OCH3 is 1. The number of hydrogen-bond donors (Lipinski definition) is 1. The summed E-state index contributed by atoms with van der Waals surface area (Å²) in [5, 5.41) is 2.94. The molecule has 1 aliphatic rings. The van der Waals surface area contributed by atoms with Crippen LogP contribution in [-0.2, 0) is 19.1 Å². The van der Waals surface area contributed by atoms with Crippen LogP contribution in [0.25, 0.3) is 0 Å². The summed E-state index contributed by atoms with van der Waals surface area (Å²) in [5.41, 5.74) is 2.81. The zero-order valence-corrected chi connectivity index (χ0v) is 21.9. The van der Waals surface area contributed by atoms with Gasteiger partial charge in [0.05, 0.1) is 24.4 Å². The van der Waals surface area contributed by atoms with Crippen LogP contribution in [0.1, 0.15) is 27.5 Å². The number of ether oxygens (including phenoxy) is 2. The second kappa shape index (κ2) is 13.2. The molecule has 0 aromatic heterocycles. The number of carbonyl (C=O) groups excluding carboxylic acids is 3. The lowest BCUT2D eigenvalue weighted by molar-refractivity contribution is -0.139. The van der Waals surface area contributed by atoms with E-state index in [1.165, 1.54) is 30.4 Å². The first-order valence-electron chi connectivity index (χ1n) is 12.3. The Balaban J connectivity index is 1.28. The summed E-state index contributed by atoms with van der Waals surface area (Å²) < 4.78 is 10.1. The SMILES string of the molecule is COC(=O)c1cc(Cl)ccc1NC(=O)COCC(=O)N1CCN(C(c2ccccc2)c2ccccc2)CC1. The largest absolute Gasteiger partial charge is 0.465 e. The fraction of sp³-hybridized carbons (Fsp3) is 0.276. The van der Waals surface area contributed by atoms with E-state index >= 15 is 0 Å². The van der Waals surface area contributed by atoms with Crippen molar-refractivity contribution in [3.8, 4) is 0 Å². The Hall–Kier alpha value is -3.72. The van der Waals surface area contributed by atoms with Crippen LogP contribution in [0.15, 0.2) is 78.9 Å². The van der Waals surface area contributed by atoms with E-state index in [2.05, 4.69) is 34.5 Å². The number of amides is 2. The first kappa shape index (κ1) is 27.3. The van der Waals surface area contributed by atoms with E-state index in [0.717, 1.165) is 0 Å². The molecule has 4 rings (SSSR count). The van der Waals surface area contributed by atoms with Gasteiger partial charge in [0, 0.05) is 31.2 Å². The molecule has 3 aromatic carbocycles. The monoisotopic (exact) mass is 535 g/mol. The molecule has 1 saturated heterocycles. The molecule has 0 bridgehead atoms. The van der Waals surface area contributed by atoms with E-state index in [1.54, 1.807) is 11.0 Å². The number of carbonyl (C=O) groups is 3. The quantitative estimate of drug-likeness (QED) is 0.416.